The van der Waals surface area contributed by atoms with E-state index in [1.165, 1.54) is 0 Å². The number of methoxy groups -OCH3 is 1. The van der Waals surface area contributed by atoms with Gasteiger partial charge in [0, 0.05) is 6.04 Å². The summed E-state index contributed by atoms with van der Waals surface area (Å²) in [7, 11) is 1.57. The molecule has 0 radical (unpaired) electrons. The molecule has 2 rings (SSSR count). The Kier molecular flexibility index (Phi) is 3.26. The van der Waals surface area contributed by atoms with Gasteiger partial charge in [-0.3, -0.25) is 4.98 Å². The van der Waals surface area contributed by atoms with Gasteiger partial charge in [-0.25, -0.2) is 0 Å². The van der Waals surface area contributed by atoms with E-state index < -0.39 is 0 Å². The molecule has 88 valence electrons. The summed E-state index contributed by atoms with van der Waals surface area (Å²) >= 11 is 0. The van der Waals surface area contributed by atoms with Gasteiger partial charge in [0.05, 0.1) is 37.4 Å². The minimum atomic E-state index is 0.171. The first kappa shape index (κ1) is 11.2. The Morgan fingerprint density at radius 3 is 2.81 bits per heavy atom. The average Bonchev–Trinajstić information content (AvgIpc) is 2.27. The van der Waals surface area contributed by atoms with E-state index in [0.717, 1.165) is 18.5 Å². The van der Waals surface area contributed by atoms with E-state index in [1.54, 1.807) is 19.4 Å². The molecule has 5 nitrogen and oxygen atoms in total. The van der Waals surface area contributed by atoms with Crippen molar-refractivity contribution < 1.29 is 9.47 Å². The number of nitrogens with two attached hydrogens (primary N) is 2. The summed E-state index contributed by atoms with van der Waals surface area (Å²) in [5.74, 6) is 0.587. The molecule has 0 aromatic carbocycles. The quantitative estimate of drug-likeness (QED) is 0.784. The third kappa shape index (κ3) is 2.25. The van der Waals surface area contributed by atoms with Gasteiger partial charge < -0.3 is 20.9 Å². The van der Waals surface area contributed by atoms with Crippen LogP contribution in [0.5, 0.6) is 5.75 Å². The summed E-state index contributed by atoms with van der Waals surface area (Å²) in [4.78, 5) is 4.19. The first-order chi connectivity index (χ1) is 7.70. The molecule has 0 bridgehead atoms. The van der Waals surface area contributed by atoms with Crippen LogP contribution in [0, 0.1) is 0 Å². The zero-order chi connectivity index (χ0) is 11.5. The Hall–Kier alpha value is -1.33. The lowest BCUT2D eigenvalue weighted by atomic mass is 9.90. The SMILES string of the molecule is COc1cnc(CO[C@@H]2CC[C@H]2N)cc1N. The van der Waals surface area contributed by atoms with E-state index in [1.807, 2.05) is 0 Å². The predicted molar refractivity (Wildman–Crippen MR) is 61.0 cm³/mol. The highest BCUT2D eigenvalue weighted by atomic mass is 16.5. The van der Waals surface area contributed by atoms with Gasteiger partial charge >= 0.3 is 0 Å². The maximum atomic E-state index is 5.77. The second kappa shape index (κ2) is 4.67. The molecule has 2 atom stereocenters. The van der Waals surface area contributed by atoms with Crippen LogP contribution < -0.4 is 16.2 Å². The highest BCUT2D eigenvalue weighted by Crippen LogP contribution is 2.24. The Balaban J connectivity index is 1.92. The van der Waals surface area contributed by atoms with Gasteiger partial charge in [-0.15, -0.1) is 0 Å². The Labute approximate surface area is 94.7 Å². The van der Waals surface area contributed by atoms with Crippen molar-refractivity contribution in [2.75, 3.05) is 12.8 Å². The molecule has 1 aliphatic rings. The first-order valence-electron chi connectivity index (χ1n) is 5.36. The van der Waals surface area contributed by atoms with Crippen molar-refractivity contribution in [3.8, 4) is 5.75 Å². The Morgan fingerprint density at radius 2 is 2.31 bits per heavy atom. The van der Waals surface area contributed by atoms with E-state index in [-0.39, 0.29) is 12.1 Å². The summed E-state index contributed by atoms with van der Waals surface area (Å²) in [6.07, 6.45) is 3.86. The maximum Gasteiger partial charge on any atom is 0.160 e. The fraction of sp³-hybridized carbons (Fsp3) is 0.545. The number of rotatable bonds is 4. The van der Waals surface area contributed by atoms with Crippen molar-refractivity contribution in [3.63, 3.8) is 0 Å². The Morgan fingerprint density at radius 1 is 1.50 bits per heavy atom. The summed E-state index contributed by atoms with van der Waals surface area (Å²) in [6.45, 7) is 0.451. The lowest BCUT2D eigenvalue weighted by Gasteiger charge is -2.33. The van der Waals surface area contributed by atoms with Crippen LogP contribution in [-0.4, -0.2) is 24.2 Å². The van der Waals surface area contributed by atoms with Crippen LogP contribution in [0.3, 0.4) is 0 Å². The molecule has 0 spiro atoms. The van der Waals surface area contributed by atoms with Crippen LogP contribution in [-0.2, 0) is 11.3 Å². The lowest BCUT2D eigenvalue weighted by molar-refractivity contribution is -0.0258. The molecular formula is C11H17N3O2. The molecule has 1 saturated carbocycles. The van der Waals surface area contributed by atoms with Crippen LogP contribution in [0.15, 0.2) is 12.3 Å². The monoisotopic (exact) mass is 223 g/mol. The van der Waals surface area contributed by atoms with E-state index in [2.05, 4.69) is 4.98 Å². The molecule has 0 amide bonds. The van der Waals surface area contributed by atoms with Crippen LogP contribution in [0.25, 0.3) is 0 Å². The minimum Gasteiger partial charge on any atom is -0.493 e. The van der Waals surface area contributed by atoms with Gasteiger partial charge in [0.15, 0.2) is 5.75 Å². The van der Waals surface area contributed by atoms with Gasteiger partial charge in [-0.2, -0.15) is 0 Å². The molecule has 0 saturated heterocycles. The first-order valence-corrected chi connectivity index (χ1v) is 5.36. The highest BCUT2D eigenvalue weighted by Gasteiger charge is 2.28. The van der Waals surface area contributed by atoms with E-state index in [9.17, 15) is 0 Å². The van der Waals surface area contributed by atoms with E-state index in [0.29, 0.717) is 18.0 Å². The lowest BCUT2D eigenvalue weighted by Crippen LogP contribution is -2.45. The average molecular weight is 223 g/mol. The van der Waals surface area contributed by atoms with E-state index >= 15 is 0 Å². The fourth-order valence-corrected chi connectivity index (χ4v) is 1.65. The molecule has 5 heteroatoms. The number of nitrogens with zero attached hydrogens (tertiary/aromatic N) is 1. The van der Waals surface area contributed by atoms with Gasteiger partial charge in [-0.1, -0.05) is 0 Å². The Bertz CT molecular complexity index is 370. The van der Waals surface area contributed by atoms with Crippen LogP contribution >= 0.6 is 0 Å². The summed E-state index contributed by atoms with van der Waals surface area (Å²) < 4.78 is 10.6. The van der Waals surface area contributed by atoms with Crippen molar-refractivity contribution in [1.29, 1.82) is 0 Å². The van der Waals surface area contributed by atoms with Crippen LogP contribution in [0.2, 0.25) is 0 Å². The smallest absolute Gasteiger partial charge is 0.160 e. The highest BCUT2D eigenvalue weighted by molar-refractivity contribution is 5.51. The third-order valence-corrected chi connectivity index (χ3v) is 2.88. The summed E-state index contributed by atoms with van der Waals surface area (Å²) in [5.41, 5.74) is 12.9. The third-order valence-electron chi connectivity index (χ3n) is 2.88. The number of hydrogen-bond acceptors (Lipinski definition) is 5. The van der Waals surface area contributed by atoms with Crippen molar-refractivity contribution in [1.82, 2.24) is 4.98 Å². The largest absolute Gasteiger partial charge is 0.493 e. The topological polar surface area (TPSA) is 83.4 Å². The fourth-order valence-electron chi connectivity index (χ4n) is 1.65. The molecule has 0 aliphatic heterocycles. The van der Waals surface area contributed by atoms with Crippen molar-refractivity contribution >= 4 is 5.69 Å². The zero-order valence-corrected chi connectivity index (χ0v) is 9.35. The maximum absolute atomic E-state index is 5.77. The molecular weight excluding hydrogens is 206 g/mol. The number of anilines is 1. The molecule has 1 aromatic rings. The molecule has 0 unspecified atom stereocenters. The number of pyridine rings is 1. The van der Waals surface area contributed by atoms with Crippen LogP contribution in [0.1, 0.15) is 18.5 Å². The zero-order valence-electron chi connectivity index (χ0n) is 9.35. The second-order valence-corrected chi connectivity index (χ2v) is 4.01. The molecule has 16 heavy (non-hydrogen) atoms. The number of nitrogen functional groups attached to an aromatic ring is 1. The second-order valence-electron chi connectivity index (χ2n) is 4.01. The van der Waals surface area contributed by atoms with Crippen molar-refractivity contribution in [3.05, 3.63) is 18.0 Å². The molecule has 1 aliphatic carbocycles. The summed E-state index contributed by atoms with van der Waals surface area (Å²) in [5, 5.41) is 0. The van der Waals surface area contributed by atoms with Crippen molar-refractivity contribution in [2.24, 2.45) is 5.73 Å². The van der Waals surface area contributed by atoms with Gasteiger partial charge in [-0.05, 0) is 18.9 Å². The van der Waals surface area contributed by atoms with Crippen molar-refractivity contribution in [2.45, 2.75) is 31.6 Å². The van der Waals surface area contributed by atoms with Gasteiger partial charge in [0.25, 0.3) is 0 Å². The molecule has 1 fully saturated rings. The minimum absolute atomic E-state index is 0.171. The molecule has 1 heterocycles. The molecule has 1 aromatic heterocycles. The summed E-state index contributed by atoms with van der Waals surface area (Å²) in [6, 6.07) is 1.94. The normalized spacial score (nSPS) is 23.9. The van der Waals surface area contributed by atoms with Gasteiger partial charge in [0.2, 0.25) is 0 Å². The predicted octanol–water partition coefficient (Wildman–Crippen LogP) is 0.679. The number of hydrogen-bond donors (Lipinski definition) is 2. The standard InChI is InChI=1S/C11H17N3O2/c1-15-11-5-14-7(4-9(11)13)6-16-10-3-2-8(10)12/h4-5,8,10H,2-3,6,12H2,1H3,(H2,13,14)/t8-,10-/m1/s1. The van der Waals surface area contributed by atoms with E-state index in [4.69, 9.17) is 20.9 Å². The van der Waals surface area contributed by atoms with Gasteiger partial charge in [0.1, 0.15) is 0 Å². The molecule has 4 N–H and O–H groups in total. The number of aromatic nitrogens is 1. The number of ether oxygens (including phenoxy) is 2. The van der Waals surface area contributed by atoms with Crippen LogP contribution in [0.4, 0.5) is 5.69 Å².